The summed E-state index contributed by atoms with van der Waals surface area (Å²) in [5, 5.41) is 3.48. The molecule has 0 aliphatic carbocycles. The van der Waals surface area contributed by atoms with Gasteiger partial charge < -0.3 is 15.8 Å². The number of nitrogens with two attached hydrogens (primary N) is 1. The van der Waals surface area contributed by atoms with Gasteiger partial charge in [0.05, 0.1) is 23.4 Å². The molecule has 20 heavy (non-hydrogen) atoms. The molecule has 0 bridgehead atoms. The van der Waals surface area contributed by atoms with Crippen LogP contribution in [-0.4, -0.2) is 13.1 Å². The fraction of sp³-hybridized carbons (Fsp3) is 0.0714. The number of carbonyl (C=O) groups is 1. The van der Waals surface area contributed by atoms with E-state index < -0.39 is 5.97 Å². The summed E-state index contributed by atoms with van der Waals surface area (Å²) in [6.07, 6.45) is 0. The lowest BCUT2D eigenvalue weighted by molar-refractivity contribution is 0.0602. The molecule has 0 heterocycles. The number of anilines is 3. The first kappa shape index (κ1) is 14.9. The Kier molecular flexibility index (Phi) is 4.72. The summed E-state index contributed by atoms with van der Waals surface area (Å²) in [6.45, 7) is 0. The number of ether oxygens (including phenoxy) is 1. The van der Waals surface area contributed by atoms with Crippen LogP contribution in [0.15, 0.2) is 36.4 Å². The zero-order chi connectivity index (χ0) is 14.7. The van der Waals surface area contributed by atoms with Gasteiger partial charge in [-0.3, -0.25) is 0 Å². The highest BCUT2D eigenvalue weighted by Crippen LogP contribution is 2.32. The summed E-state index contributed by atoms with van der Waals surface area (Å²) >= 11 is 8.38. The van der Waals surface area contributed by atoms with Crippen molar-refractivity contribution >= 4 is 57.2 Å². The normalized spacial score (nSPS) is 10.2. The first-order chi connectivity index (χ1) is 9.51. The van der Waals surface area contributed by atoms with E-state index in [1.54, 1.807) is 6.07 Å². The molecule has 2 aromatic rings. The average molecular weight is 403 g/mol. The predicted octanol–water partition coefficient (Wildman–Crippen LogP) is 4.06. The number of esters is 1. The number of benzene rings is 2. The Labute approximate surface area is 135 Å². The number of halogens is 2. The standard InChI is InChI=1S/C14H12ClIN2O2/c1-20-14(19)11-6-9(17)7-12(15)13(11)18-10-4-2-8(16)3-5-10/h2-7,18H,17H2,1H3. The molecule has 3 N–H and O–H groups in total. The first-order valence-corrected chi connectivity index (χ1v) is 7.17. The Morgan fingerprint density at radius 1 is 1.30 bits per heavy atom. The van der Waals surface area contributed by atoms with Crippen molar-refractivity contribution < 1.29 is 9.53 Å². The van der Waals surface area contributed by atoms with Crippen LogP contribution in [0.5, 0.6) is 0 Å². The van der Waals surface area contributed by atoms with E-state index in [1.165, 1.54) is 13.2 Å². The van der Waals surface area contributed by atoms with Gasteiger partial charge in [0, 0.05) is 14.9 Å². The van der Waals surface area contributed by atoms with Gasteiger partial charge in [-0.1, -0.05) is 11.6 Å². The van der Waals surface area contributed by atoms with E-state index in [-0.39, 0.29) is 0 Å². The maximum atomic E-state index is 11.8. The molecular weight excluding hydrogens is 391 g/mol. The number of nitrogen functional groups attached to an aromatic ring is 1. The van der Waals surface area contributed by atoms with Crippen molar-refractivity contribution in [1.82, 2.24) is 0 Å². The van der Waals surface area contributed by atoms with Crippen LogP contribution in [0.2, 0.25) is 5.02 Å². The first-order valence-electron chi connectivity index (χ1n) is 5.71. The van der Waals surface area contributed by atoms with Gasteiger partial charge in [0.2, 0.25) is 0 Å². The van der Waals surface area contributed by atoms with E-state index in [9.17, 15) is 4.79 Å². The molecule has 2 rings (SSSR count). The number of rotatable bonds is 3. The van der Waals surface area contributed by atoms with E-state index in [0.29, 0.717) is 22.0 Å². The predicted molar refractivity (Wildman–Crippen MR) is 89.6 cm³/mol. The molecular formula is C14H12ClIN2O2. The van der Waals surface area contributed by atoms with Crippen molar-refractivity contribution in [2.45, 2.75) is 0 Å². The second-order valence-corrected chi connectivity index (χ2v) is 5.70. The van der Waals surface area contributed by atoms with Gasteiger partial charge in [-0.2, -0.15) is 0 Å². The van der Waals surface area contributed by atoms with Gasteiger partial charge >= 0.3 is 5.97 Å². The lowest BCUT2D eigenvalue weighted by Gasteiger charge is -2.13. The summed E-state index contributed by atoms with van der Waals surface area (Å²) in [6, 6.07) is 10.8. The van der Waals surface area contributed by atoms with Gasteiger partial charge in [-0.15, -0.1) is 0 Å². The highest BCUT2D eigenvalue weighted by molar-refractivity contribution is 14.1. The Bertz CT molecular complexity index is 644. The Hall–Kier alpha value is -1.47. The van der Waals surface area contributed by atoms with Crippen LogP contribution in [0.4, 0.5) is 17.1 Å². The average Bonchev–Trinajstić information content (AvgIpc) is 2.42. The lowest BCUT2D eigenvalue weighted by atomic mass is 10.1. The SMILES string of the molecule is COC(=O)c1cc(N)cc(Cl)c1Nc1ccc(I)cc1. The van der Waals surface area contributed by atoms with E-state index in [2.05, 4.69) is 27.9 Å². The van der Waals surface area contributed by atoms with Crippen LogP contribution in [-0.2, 0) is 4.74 Å². The largest absolute Gasteiger partial charge is 0.465 e. The maximum absolute atomic E-state index is 11.8. The van der Waals surface area contributed by atoms with Gasteiger partial charge in [0.1, 0.15) is 0 Å². The number of methoxy groups -OCH3 is 1. The third-order valence-electron chi connectivity index (χ3n) is 2.63. The molecule has 0 aromatic heterocycles. The maximum Gasteiger partial charge on any atom is 0.340 e. The molecule has 6 heteroatoms. The lowest BCUT2D eigenvalue weighted by Crippen LogP contribution is -2.07. The molecule has 0 saturated heterocycles. The van der Waals surface area contributed by atoms with E-state index in [0.717, 1.165) is 9.26 Å². The number of hydrogen-bond acceptors (Lipinski definition) is 4. The Morgan fingerprint density at radius 3 is 2.55 bits per heavy atom. The molecule has 104 valence electrons. The van der Waals surface area contributed by atoms with Crippen molar-refractivity contribution in [3.8, 4) is 0 Å². The Morgan fingerprint density at radius 2 is 1.95 bits per heavy atom. The highest BCUT2D eigenvalue weighted by Gasteiger charge is 2.16. The van der Waals surface area contributed by atoms with Gasteiger partial charge in [-0.25, -0.2) is 4.79 Å². The van der Waals surface area contributed by atoms with Crippen LogP contribution in [0.1, 0.15) is 10.4 Å². The fourth-order valence-electron chi connectivity index (χ4n) is 1.70. The minimum atomic E-state index is -0.493. The minimum Gasteiger partial charge on any atom is -0.465 e. The summed E-state index contributed by atoms with van der Waals surface area (Å²) in [7, 11) is 1.31. The van der Waals surface area contributed by atoms with E-state index in [4.69, 9.17) is 22.1 Å². The van der Waals surface area contributed by atoms with Crippen molar-refractivity contribution in [2.24, 2.45) is 0 Å². The highest BCUT2D eigenvalue weighted by atomic mass is 127. The van der Waals surface area contributed by atoms with Crippen molar-refractivity contribution in [2.75, 3.05) is 18.2 Å². The van der Waals surface area contributed by atoms with E-state index >= 15 is 0 Å². The second kappa shape index (κ2) is 6.32. The smallest absolute Gasteiger partial charge is 0.340 e. The van der Waals surface area contributed by atoms with Crippen molar-refractivity contribution in [3.63, 3.8) is 0 Å². The molecule has 0 unspecified atom stereocenters. The van der Waals surface area contributed by atoms with E-state index in [1.807, 2.05) is 24.3 Å². The fourth-order valence-corrected chi connectivity index (χ4v) is 2.34. The second-order valence-electron chi connectivity index (χ2n) is 4.05. The summed E-state index contributed by atoms with van der Waals surface area (Å²) in [5.41, 5.74) is 7.72. The molecule has 0 amide bonds. The molecule has 2 aromatic carbocycles. The quantitative estimate of drug-likeness (QED) is 0.462. The number of hydrogen-bond donors (Lipinski definition) is 2. The summed E-state index contributed by atoms with van der Waals surface area (Å²) in [4.78, 5) is 11.8. The van der Waals surface area contributed by atoms with Crippen molar-refractivity contribution in [3.05, 3.63) is 50.6 Å². The Balaban J connectivity index is 2.44. The van der Waals surface area contributed by atoms with Gasteiger partial charge in [-0.05, 0) is 59.0 Å². The number of nitrogens with one attached hydrogen (secondary N) is 1. The molecule has 0 spiro atoms. The zero-order valence-corrected chi connectivity index (χ0v) is 13.5. The zero-order valence-electron chi connectivity index (χ0n) is 10.6. The van der Waals surface area contributed by atoms with Crippen LogP contribution in [0, 0.1) is 3.57 Å². The topological polar surface area (TPSA) is 64.3 Å². The summed E-state index contributed by atoms with van der Waals surface area (Å²) < 4.78 is 5.86. The molecule has 4 nitrogen and oxygen atoms in total. The molecule has 0 fully saturated rings. The van der Waals surface area contributed by atoms with Crippen LogP contribution in [0.25, 0.3) is 0 Å². The van der Waals surface area contributed by atoms with Crippen molar-refractivity contribution in [1.29, 1.82) is 0 Å². The van der Waals surface area contributed by atoms with Gasteiger partial charge in [0.15, 0.2) is 0 Å². The number of carbonyl (C=O) groups excluding carboxylic acids is 1. The molecule has 0 radical (unpaired) electrons. The molecule has 0 aliphatic heterocycles. The van der Waals surface area contributed by atoms with Crippen LogP contribution < -0.4 is 11.1 Å². The molecule has 0 atom stereocenters. The minimum absolute atomic E-state index is 0.302. The monoisotopic (exact) mass is 402 g/mol. The third-order valence-corrected chi connectivity index (χ3v) is 3.65. The summed E-state index contributed by atoms with van der Waals surface area (Å²) in [5.74, 6) is -0.493. The molecule has 0 aliphatic rings. The van der Waals surface area contributed by atoms with Crippen LogP contribution >= 0.6 is 34.2 Å². The molecule has 0 saturated carbocycles. The van der Waals surface area contributed by atoms with Gasteiger partial charge in [0.25, 0.3) is 0 Å². The third kappa shape index (κ3) is 3.34. The van der Waals surface area contributed by atoms with Crippen LogP contribution in [0.3, 0.4) is 0 Å².